The third kappa shape index (κ3) is 5.37. The minimum absolute atomic E-state index is 0.0298. The van der Waals surface area contributed by atoms with Crippen molar-refractivity contribution in [1.82, 2.24) is 0 Å². The van der Waals surface area contributed by atoms with E-state index in [0.29, 0.717) is 6.61 Å². The van der Waals surface area contributed by atoms with Crippen LogP contribution in [-0.2, 0) is 11.3 Å². The fourth-order valence-corrected chi connectivity index (χ4v) is 1.92. The van der Waals surface area contributed by atoms with Gasteiger partial charge >= 0.3 is 0 Å². The van der Waals surface area contributed by atoms with Gasteiger partial charge in [-0.05, 0) is 18.6 Å². The maximum Gasteiger partial charge on any atom is 0.129 e. The van der Waals surface area contributed by atoms with Crippen LogP contribution in [0.25, 0.3) is 0 Å². The number of furan rings is 1. The maximum absolute atomic E-state index is 6.08. The van der Waals surface area contributed by atoms with Crippen molar-refractivity contribution >= 4 is 0 Å². The molecule has 98 valence electrons. The van der Waals surface area contributed by atoms with Crippen molar-refractivity contribution < 1.29 is 9.15 Å². The van der Waals surface area contributed by atoms with Crippen molar-refractivity contribution in [2.45, 2.75) is 58.1 Å². The number of methoxy groups -OCH3 is 1. The first-order valence-corrected chi connectivity index (χ1v) is 6.61. The van der Waals surface area contributed by atoms with Crippen molar-refractivity contribution in [3.63, 3.8) is 0 Å². The van der Waals surface area contributed by atoms with Crippen LogP contribution < -0.4 is 5.73 Å². The smallest absolute Gasteiger partial charge is 0.129 e. The molecule has 2 N–H and O–H groups in total. The molecule has 0 aliphatic carbocycles. The average Bonchev–Trinajstić information content (AvgIpc) is 2.78. The first-order valence-electron chi connectivity index (χ1n) is 6.61. The third-order valence-corrected chi connectivity index (χ3v) is 2.95. The van der Waals surface area contributed by atoms with E-state index in [1.165, 1.54) is 32.1 Å². The summed E-state index contributed by atoms with van der Waals surface area (Å²) in [5, 5.41) is 0. The van der Waals surface area contributed by atoms with Gasteiger partial charge in [0.25, 0.3) is 0 Å². The Hall–Kier alpha value is -0.800. The first kappa shape index (κ1) is 14.3. The second-order valence-electron chi connectivity index (χ2n) is 4.55. The predicted molar refractivity (Wildman–Crippen MR) is 69.7 cm³/mol. The van der Waals surface area contributed by atoms with Gasteiger partial charge in [-0.25, -0.2) is 0 Å². The quantitative estimate of drug-likeness (QED) is 0.667. The molecule has 1 heterocycles. The standard InChI is InChI=1S/C14H25NO2/c1-3-4-5-6-7-8-13(15)14-10-9-12(17-14)11-16-2/h9-10,13H,3-8,11,15H2,1-2H3. The molecule has 0 amide bonds. The van der Waals surface area contributed by atoms with E-state index in [4.69, 9.17) is 14.9 Å². The number of unbranched alkanes of at least 4 members (excludes halogenated alkanes) is 4. The van der Waals surface area contributed by atoms with E-state index in [0.717, 1.165) is 17.9 Å². The van der Waals surface area contributed by atoms with Gasteiger partial charge in [0, 0.05) is 7.11 Å². The van der Waals surface area contributed by atoms with Gasteiger partial charge in [-0.1, -0.05) is 39.0 Å². The summed E-state index contributed by atoms with van der Waals surface area (Å²) in [6.07, 6.45) is 7.38. The molecule has 1 atom stereocenters. The van der Waals surface area contributed by atoms with Gasteiger partial charge in [-0.3, -0.25) is 0 Å². The predicted octanol–water partition coefficient (Wildman–Crippen LogP) is 3.79. The Morgan fingerprint density at radius 1 is 1.24 bits per heavy atom. The molecule has 0 spiro atoms. The van der Waals surface area contributed by atoms with Gasteiger partial charge in [-0.15, -0.1) is 0 Å². The number of hydrogen-bond donors (Lipinski definition) is 1. The van der Waals surface area contributed by atoms with Gasteiger partial charge < -0.3 is 14.9 Å². The highest BCUT2D eigenvalue weighted by atomic mass is 16.5. The van der Waals surface area contributed by atoms with Gasteiger partial charge in [-0.2, -0.15) is 0 Å². The number of nitrogens with two attached hydrogens (primary N) is 1. The van der Waals surface area contributed by atoms with Crippen LogP contribution in [0.3, 0.4) is 0 Å². The van der Waals surface area contributed by atoms with Gasteiger partial charge in [0.2, 0.25) is 0 Å². The molecule has 0 aromatic carbocycles. The van der Waals surface area contributed by atoms with Crippen molar-refractivity contribution in [2.75, 3.05) is 7.11 Å². The summed E-state index contributed by atoms with van der Waals surface area (Å²) < 4.78 is 10.6. The summed E-state index contributed by atoms with van der Waals surface area (Å²) in [7, 11) is 1.66. The van der Waals surface area contributed by atoms with E-state index in [2.05, 4.69) is 6.92 Å². The van der Waals surface area contributed by atoms with Crippen LogP contribution in [0.5, 0.6) is 0 Å². The average molecular weight is 239 g/mol. The fourth-order valence-electron chi connectivity index (χ4n) is 1.92. The van der Waals surface area contributed by atoms with Crippen molar-refractivity contribution in [1.29, 1.82) is 0 Å². The zero-order chi connectivity index (χ0) is 12.5. The SMILES string of the molecule is CCCCCCCC(N)c1ccc(COC)o1. The summed E-state index contributed by atoms with van der Waals surface area (Å²) >= 11 is 0. The Morgan fingerprint density at radius 2 is 2.00 bits per heavy atom. The van der Waals surface area contributed by atoms with Crippen molar-refractivity contribution in [3.8, 4) is 0 Å². The molecule has 1 unspecified atom stereocenters. The molecular formula is C14H25NO2. The van der Waals surface area contributed by atoms with E-state index >= 15 is 0 Å². The highest BCUT2D eigenvalue weighted by molar-refractivity contribution is 5.09. The summed E-state index contributed by atoms with van der Waals surface area (Å²) in [4.78, 5) is 0. The maximum atomic E-state index is 6.08. The normalized spacial score (nSPS) is 12.9. The Balaban J connectivity index is 2.23. The lowest BCUT2D eigenvalue weighted by Crippen LogP contribution is -2.08. The largest absolute Gasteiger partial charge is 0.462 e. The first-order chi connectivity index (χ1) is 8.27. The van der Waals surface area contributed by atoms with Crippen LogP contribution in [0.1, 0.15) is 63.0 Å². The Labute approximate surface area is 104 Å². The third-order valence-electron chi connectivity index (χ3n) is 2.95. The molecule has 3 heteroatoms. The van der Waals surface area contributed by atoms with Crippen LogP contribution in [-0.4, -0.2) is 7.11 Å². The lowest BCUT2D eigenvalue weighted by molar-refractivity contribution is 0.161. The molecule has 1 aromatic heterocycles. The highest BCUT2D eigenvalue weighted by Crippen LogP contribution is 2.20. The van der Waals surface area contributed by atoms with Crippen LogP contribution in [0.4, 0.5) is 0 Å². The second kappa shape index (κ2) is 8.31. The molecule has 3 nitrogen and oxygen atoms in total. The van der Waals surface area contributed by atoms with Crippen LogP contribution in [0.2, 0.25) is 0 Å². The molecule has 0 fully saturated rings. The van der Waals surface area contributed by atoms with Gasteiger partial charge in [0.1, 0.15) is 18.1 Å². The molecule has 17 heavy (non-hydrogen) atoms. The van der Waals surface area contributed by atoms with Crippen molar-refractivity contribution in [3.05, 3.63) is 23.7 Å². The number of rotatable bonds is 9. The van der Waals surface area contributed by atoms with E-state index in [1.54, 1.807) is 7.11 Å². The lowest BCUT2D eigenvalue weighted by Gasteiger charge is -2.08. The monoisotopic (exact) mass is 239 g/mol. The minimum atomic E-state index is 0.0298. The topological polar surface area (TPSA) is 48.4 Å². The van der Waals surface area contributed by atoms with Gasteiger partial charge in [0.15, 0.2) is 0 Å². The van der Waals surface area contributed by atoms with E-state index in [9.17, 15) is 0 Å². The summed E-state index contributed by atoms with van der Waals surface area (Å²) in [6.45, 7) is 2.75. The van der Waals surface area contributed by atoms with Crippen LogP contribution in [0, 0.1) is 0 Å². The lowest BCUT2D eigenvalue weighted by atomic mass is 10.1. The van der Waals surface area contributed by atoms with E-state index in [-0.39, 0.29) is 6.04 Å². The van der Waals surface area contributed by atoms with Gasteiger partial charge in [0.05, 0.1) is 6.04 Å². The van der Waals surface area contributed by atoms with E-state index in [1.807, 2.05) is 12.1 Å². The zero-order valence-corrected chi connectivity index (χ0v) is 11.1. The molecule has 1 aromatic rings. The molecule has 0 bridgehead atoms. The molecule has 0 aliphatic heterocycles. The second-order valence-corrected chi connectivity index (χ2v) is 4.55. The Morgan fingerprint density at radius 3 is 2.71 bits per heavy atom. The molecule has 0 aliphatic rings. The minimum Gasteiger partial charge on any atom is -0.462 e. The van der Waals surface area contributed by atoms with Crippen molar-refractivity contribution in [2.24, 2.45) is 5.73 Å². The van der Waals surface area contributed by atoms with Crippen LogP contribution in [0.15, 0.2) is 16.5 Å². The summed E-state index contributed by atoms with van der Waals surface area (Å²) in [5.74, 6) is 1.73. The fraction of sp³-hybridized carbons (Fsp3) is 0.714. The number of hydrogen-bond acceptors (Lipinski definition) is 3. The van der Waals surface area contributed by atoms with E-state index < -0.39 is 0 Å². The molecule has 0 radical (unpaired) electrons. The highest BCUT2D eigenvalue weighted by Gasteiger charge is 2.10. The molecule has 0 saturated heterocycles. The Kier molecular flexibility index (Phi) is 6.97. The Bertz CT molecular complexity index is 296. The zero-order valence-electron chi connectivity index (χ0n) is 11.1. The molecule has 0 saturated carbocycles. The summed E-state index contributed by atoms with van der Waals surface area (Å²) in [5.41, 5.74) is 6.08. The number of ether oxygens (including phenoxy) is 1. The molecule has 1 rings (SSSR count). The molecular weight excluding hydrogens is 214 g/mol. The van der Waals surface area contributed by atoms with Crippen LogP contribution >= 0.6 is 0 Å². The summed E-state index contributed by atoms with van der Waals surface area (Å²) in [6, 6.07) is 3.93.